The molecule has 1 atom stereocenters. The van der Waals surface area contributed by atoms with Crippen molar-refractivity contribution in [2.24, 2.45) is 0 Å². The van der Waals surface area contributed by atoms with Crippen molar-refractivity contribution < 1.29 is 9.47 Å². The molecule has 0 saturated carbocycles. The van der Waals surface area contributed by atoms with Crippen molar-refractivity contribution in [1.29, 1.82) is 0 Å². The van der Waals surface area contributed by atoms with E-state index in [9.17, 15) is 0 Å². The third kappa shape index (κ3) is 3.39. The van der Waals surface area contributed by atoms with Gasteiger partial charge in [-0.25, -0.2) is 0 Å². The molecule has 1 aliphatic carbocycles. The Labute approximate surface area is 128 Å². The fourth-order valence-corrected chi connectivity index (χ4v) is 3.08. The van der Waals surface area contributed by atoms with Crippen molar-refractivity contribution in [3.8, 4) is 11.5 Å². The van der Waals surface area contributed by atoms with Crippen LogP contribution >= 0.6 is 12.4 Å². The number of hydrogen-bond acceptors (Lipinski definition) is 3. The molecule has 114 valence electrons. The van der Waals surface area contributed by atoms with E-state index in [1.807, 2.05) is 6.07 Å². The molecule has 0 bridgehead atoms. The lowest BCUT2D eigenvalue weighted by atomic mass is 9.86. The van der Waals surface area contributed by atoms with Gasteiger partial charge >= 0.3 is 0 Å². The molecule has 0 spiro atoms. The van der Waals surface area contributed by atoms with Crippen molar-refractivity contribution in [3.63, 3.8) is 0 Å². The molecular weight excluding hydrogens is 274 g/mol. The van der Waals surface area contributed by atoms with Crippen LogP contribution in [0, 0.1) is 0 Å². The van der Waals surface area contributed by atoms with Crippen LogP contribution < -0.4 is 9.47 Å². The summed E-state index contributed by atoms with van der Waals surface area (Å²) in [4.78, 5) is 2.49. The molecule has 1 aromatic carbocycles. The molecule has 0 aromatic heterocycles. The number of nitrogens with zero attached hydrogens (tertiary/aromatic N) is 1. The summed E-state index contributed by atoms with van der Waals surface area (Å²) in [6.45, 7) is 3.41. The van der Waals surface area contributed by atoms with Crippen LogP contribution in [0.15, 0.2) is 12.1 Å². The van der Waals surface area contributed by atoms with E-state index in [2.05, 4.69) is 24.9 Å². The molecule has 0 saturated heterocycles. The molecule has 4 heteroatoms. The summed E-state index contributed by atoms with van der Waals surface area (Å²) in [5, 5.41) is 0. The Morgan fingerprint density at radius 2 is 2.00 bits per heavy atom. The van der Waals surface area contributed by atoms with E-state index >= 15 is 0 Å². The van der Waals surface area contributed by atoms with E-state index in [0.29, 0.717) is 6.04 Å². The lowest BCUT2D eigenvalue weighted by Gasteiger charge is -2.33. The number of benzene rings is 1. The third-order valence-electron chi connectivity index (χ3n) is 4.13. The molecule has 1 aliphatic rings. The molecule has 0 N–H and O–H groups in total. The number of hydrogen-bond donors (Lipinski definition) is 0. The SMILES string of the molecule is CCCN(C)C1CCc2c(ccc(OC)c2OC)C1.Cl. The van der Waals surface area contributed by atoms with Crippen LogP contribution in [-0.2, 0) is 12.8 Å². The first-order valence-electron chi connectivity index (χ1n) is 7.14. The van der Waals surface area contributed by atoms with Crippen LogP contribution in [-0.4, -0.2) is 38.8 Å². The topological polar surface area (TPSA) is 21.7 Å². The Morgan fingerprint density at radius 3 is 2.60 bits per heavy atom. The Kier molecular flexibility index (Phi) is 6.63. The van der Waals surface area contributed by atoms with Gasteiger partial charge in [0, 0.05) is 11.6 Å². The second kappa shape index (κ2) is 7.75. The van der Waals surface area contributed by atoms with E-state index < -0.39 is 0 Å². The van der Waals surface area contributed by atoms with Gasteiger partial charge in [0.05, 0.1) is 14.2 Å². The Balaban J connectivity index is 0.00000200. The van der Waals surface area contributed by atoms with Crippen LogP contribution in [0.2, 0.25) is 0 Å². The first kappa shape index (κ1) is 17.1. The van der Waals surface area contributed by atoms with E-state index in [-0.39, 0.29) is 12.4 Å². The van der Waals surface area contributed by atoms with Crippen LogP contribution in [0.25, 0.3) is 0 Å². The van der Waals surface area contributed by atoms with Crippen LogP contribution in [0.3, 0.4) is 0 Å². The Hall–Kier alpha value is -0.930. The van der Waals surface area contributed by atoms with E-state index in [4.69, 9.17) is 9.47 Å². The summed E-state index contributed by atoms with van der Waals surface area (Å²) in [5.74, 6) is 1.78. The minimum absolute atomic E-state index is 0. The zero-order valence-electron chi connectivity index (χ0n) is 12.9. The predicted molar refractivity (Wildman–Crippen MR) is 85.5 cm³/mol. The first-order valence-corrected chi connectivity index (χ1v) is 7.14. The van der Waals surface area contributed by atoms with E-state index in [1.165, 1.54) is 30.5 Å². The molecule has 20 heavy (non-hydrogen) atoms. The quantitative estimate of drug-likeness (QED) is 0.832. The largest absolute Gasteiger partial charge is 0.493 e. The maximum absolute atomic E-state index is 5.54. The van der Waals surface area contributed by atoms with Crippen LogP contribution in [0.1, 0.15) is 30.9 Å². The van der Waals surface area contributed by atoms with Gasteiger partial charge in [-0.1, -0.05) is 13.0 Å². The highest BCUT2D eigenvalue weighted by molar-refractivity contribution is 5.85. The summed E-state index contributed by atoms with van der Waals surface area (Å²) >= 11 is 0. The standard InChI is InChI=1S/C16H25NO2.ClH/c1-5-10-17(2)13-7-8-14-12(11-13)6-9-15(18-3)16(14)19-4;/h6,9,13H,5,7-8,10-11H2,1-4H3;1H. The average Bonchev–Trinajstić information content (AvgIpc) is 2.45. The molecule has 0 fully saturated rings. The second-order valence-corrected chi connectivity index (χ2v) is 5.32. The fraction of sp³-hybridized carbons (Fsp3) is 0.625. The van der Waals surface area contributed by atoms with Crippen molar-refractivity contribution in [2.45, 2.75) is 38.6 Å². The number of halogens is 1. The highest BCUT2D eigenvalue weighted by Gasteiger charge is 2.25. The van der Waals surface area contributed by atoms with Gasteiger partial charge in [0.15, 0.2) is 11.5 Å². The Morgan fingerprint density at radius 1 is 1.25 bits per heavy atom. The number of fused-ring (bicyclic) bond motifs is 1. The highest BCUT2D eigenvalue weighted by Crippen LogP contribution is 2.38. The zero-order chi connectivity index (χ0) is 13.8. The molecule has 0 heterocycles. The maximum atomic E-state index is 5.54. The Bertz CT molecular complexity index is 437. The van der Waals surface area contributed by atoms with Crippen molar-refractivity contribution >= 4 is 12.4 Å². The van der Waals surface area contributed by atoms with Crippen molar-refractivity contribution in [2.75, 3.05) is 27.8 Å². The minimum atomic E-state index is 0. The molecular formula is C16H26ClNO2. The van der Waals surface area contributed by atoms with Gasteiger partial charge in [-0.3, -0.25) is 0 Å². The fourth-order valence-electron chi connectivity index (χ4n) is 3.08. The summed E-state index contributed by atoms with van der Waals surface area (Å²) < 4.78 is 10.9. The summed E-state index contributed by atoms with van der Waals surface area (Å²) in [7, 11) is 5.66. The monoisotopic (exact) mass is 299 g/mol. The minimum Gasteiger partial charge on any atom is -0.493 e. The highest BCUT2D eigenvalue weighted by atomic mass is 35.5. The average molecular weight is 300 g/mol. The number of likely N-dealkylation sites (N-methyl/N-ethyl adjacent to an activating group) is 1. The van der Waals surface area contributed by atoms with Crippen LogP contribution in [0.5, 0.6) is 11.5 Å². The summed E-state index contributed by atoms with van der Waals surface area (Å²) in [5.41, 5.74) is 2.75. The maximum Gasteiger partial charge on any atom is 0.164 e. The van der Waals surface area contributed by atoms with Gasteiger partial charge < -0.3 is 14.4 Å². The molecule has 3 nitrogen and oxygen atoms in total. The van der Waals surface area contributed by atoms with Crippen LogP contribution in [0.4, 0.5) is 0 Å². The second-order valence-electron chi connectivity index (χ2n) is 5.32. The molecule has 0 radical (unpaired) electrons. The number of rotatable bonds is 5. The lowest BCUT2D eigenvalue weighted by Crippen LogP contribution is -2.37. The summed E-state index contributed by atoms with van der Waals surface area (Å²) in [6, 6.07) is 4.88. The van der Waals surface area contributed by atoms with Gasteiger partial charge in [0.1, 0.15) is 0 Å². The number of ether oxygens (including phenoxy) is 2. The van der Waals surface area contributed by atoms with Gasteiger partial charge in [-0.15, -0.1) is 12.4 Å². The van der Waals surface area contributed by atoms with Crippen molar-refractivity contribution in [1.82, 2.24) is 4.90 Å². The van der Waals surface area contributed by atoms with Gasteiger partial charge in [-0.05, 0) is 50.9 Å². The molecule has 1 aromatic rings. The predicted octanol–water partition coefficient (Wildman–Crippen LogP) is 3.32. The normalized spacial score (nSPS) is 17.4. The van der Waals surface area contributed by atoms with Gasteiger partial charge in [0.25, 0.3) is 0 Å². The van der Waals surface area contributed by atoms with Gasteiger partial charge in [-0.2, -0.15) is 0 Å². The molecule has 0 amide bonds. The summed E-state index contributed by atoms with van der Waals surface area (Å²) in [6.07, 6.45) is 4.61. The van der Waals surface area contributed by atoms with E-state index in [0.717, 1.165) is 24.3 Å². The molecule has 0 aliphatic heterocycles. The zero-order valence-corrected chi connectivity index (χ0v) is 13.8. The smallest absolute Gasteiger partial charge is 0.164 e. The lowest BCUT2D eigenvalue weighted by molar-refractivity contribution is 0.220. The van der Waals surface area contributed by atoms with Crippen molar-refractivity contribution in [3.05, 3.63) is 23.3 Å². The third-order valence-corrected chi connectivity index (χ3v) is 4.13. The first-order chi connectivity index (χ1) is 9.21. The van der Waals surface area contributed by atoms with E-state index in [1.54, 1.807) is 14.2 Å². The number of methoxy groups -OCH3 is 2. The molecule has 2 rings (SSSR count). The van der Waals surface area contributed by atoms with Gasteiger partial charge in [0.2, 0.25) is 0 Å². The molecule has 1 unspecified atom stereocenters.